The largest absolute Gasteiger partial charge is 0.299 e. The summed E-state index contributed by atoms with van der Waals surface area (Å²) in [6.07, 6.45) is 4.15. The molecule has 2 aromatic carbocycles. The second kappa shape index (κ2) is 9.09. The van der Waals surface area contributed by atoms with E-state index in [0.29, 0.717) is 11.4 Å². The Bertz CT molecular complexity index is 1140. The first kappa shape index (κ1) is 20.7. The van der Waals surface area contributed by atoms with Crippen LogP contribution in [-0.4, -0.2) is 29.1 Å². The van der Waals surface area contributed by atoms with Gasteiger partial charge in [0.25, 0.3) is 11.8 Å². The number of hydrogen-bond donors (Lipinski definition) is 1. The van der Waals surface area contributed by atoms with Crippen molar-refractivity contribution >= 4 is 29.3 Å². The Balaban J connectivity index is 1.76. The number of nitrogens with zero attached hydrogens (tertiary/aromatic N) is 2. The average Bonchev–Trinajstić information content (AvgIpc) is 2.80. The minimum atomic E-state index is -0.705. The van der Waals surface area contributed by atoms with Gasteiger partial charge in [0.1, 0.15) is 0 Å². The van der Waals surface area contributed by atoms with Crippen LogP contribution in [0.3, 0.4) is 0 Å². The molecule has 3 aromatic rings. The van der Waals surface area contributed by atoms with Crippen LogP contribution in [0.25, 0.3) is 0 Å². The maximum atomic E-state index is 13.6. The normalized spacial score (nSPS) is 18.7. The molecule has 0 spiro atoms. The lowest BCUT2D eigenvalue weighted by Gasteiger charge is -2.34. The summed E-state index contributed by atoms with van der Waals surface area (Å²) in [6.45, 7) is 0.240. The Morgan fingerprint density at radius 2 is 1.58 bits per heavy atom. The molecule has 1 aromatic heterocycles. The second-order valence-corrected chi connectivity index (χ2v) is 7.80. The highest BCUT2D eigenvalue weighted by atomic mass is 35.5. The van der Waals surface area contributed by atoms with E-state index in [-0.39, 0.29) is 18.0 Å². The first-order chi connectivity index (χ1) is 15.1. The first-order valence-corrected chi connectivity index (χ1v) is 10.4. The molecule has 0 radical (unpaired) electrons. The summed E-state index contributed by atoms with van der Waals surface area (Å²) in [5.74, 6) is 0.949. The van der Waals surface area contributed by atoms with Gasteiger partial charge in [0.05, 0.1) is 11.5 Å². The van der Waals surface area contributed by atoms with Crippen LogP contribution >= 0.6 is 11.6 Å². The molecule has 2 atom stereocenters. The summed E-state index contributed by atoms with van der Waals surface area (Å²) in [5.41, 5.74) is 1.94. The van der Waals surface area contributed by atoms with E-state index in [0.717, 1.165) is 11.1 Å². The van der Waals surface area contributed by atoms with Crippen LogP contribution < -0.4 is 4.57 Å². The molecule has 6 heteroatoms. The summed E-state index contributed by atoms with van der Waals surface area (Å²) in [7, 11) is 0. The van der Waals surface area contributed by atoms with E-state index in [2.05, 4.69) is 5.87 Å². The number of hydrogen-bond acceptors (Lipinski definition) is 3. The molecule has 1 N–H and O–H groups in total. The highest BCUT2D eigenvalue weighted by molar-refractivity contribution is 6.30. The lowest BCUT2D eigenvalue weighted by atomic mass is 9.80. The fourth-order valence-corrected chi connectivity index (χ4v) is 4.11. The van der Waals surface area contributed by atoms with E-state index in [1.807, 2.05) is 48.5 Å². The predicted octanol–water partition coefficient (Wildman–Crippen LogP) is 3.74. The van der Waals surface area contributed by atoms with Crippen molar-refractivity contribution in [3.63, 3.8) is 0 Å². The molecule has 2 heterocycles. The topological polar surface area (TPSA) is 65.1 Å². The molecule has 1 aliphatic rings. The van der Waals surface area contributed by atoms with Crippen molar-refractivity contribution in [1.82, 2.24) is 4.90 Å². The van der Waals surface area contributed by atoms with Gasteiger partial charge in [0.2, 0.25) is 6.04 Å². The van der Waals surface area contributed by atoms with Gasteiger partial charge in [-0.05, 0) is 35.6 Å². The van der Waals surface area contributed by atoms with Crippen molar-refractivity contribution in [2.75, 3.05) is 6.54 Å². The molecule has 1 fully saturated rings. The van der Waals surface area contributed by atoms with Gasteiger partial charge in [-0.2, -0.15) is 4.57 Å². The van der Waals surface area contributed by atoms with Gasteiger partial charge in [-0.15, -0.1) is 0 Å². The molecular formula is C25H21ClN3O2+. The predicted molar refractivity (Wildman–Crippen MR) is 118 cm³/mol. The van der Waals surface area contributed by atoms with Crippen LogP contribution in [0.15, 0.2) is 90.8 Å². The number of carbonyl (C=O) groups excluding carboxylic acids is 2. The number of rotatable bonds is 5. The molecule has 1 saturated heterocycles. The number of aromatic nitrogens is 1. The highest BCUT2D eigenvalue weighted by Crippen LogP contribution is 2.38. The lowest BCUT2D eigenvalue weighted by molar-refractivity contribution is -0.712. The van der Waals surface area contributed by atoms with Crippen molar-refractivity contribution in [3.8, 4) is 0 Å². The number of carbonyl (C=O) groups is 2. The van der Waals surface area contributed by atoms with Gasteiger partial charge in [-0.25, -0.2) is 0 Å². The molecule has 0 aliphatic carbocycles. The van der Waals surface area contributed by atoms with Gasteiger partial charge in [-0.1, -0.05) is 60.1 Å². The van der Waals surface area contributed by atoms with Crippen molar-refractivity contribution in [2.45, 2.75) is 18.4 Å². The number of nitrogens with one attached hydrogen (secondary N) is 1. The SMILES string of the molecule is N=C=C1C(=O)N(CCc2ccccc2)C(=O)[C@H]([n+]2ccccc2)[C@H]1c1ccc(Cl)cc1. The summed E-state index contributed by atoms with van der Waals surface area (Å²) < 4.78 is 1.79. The summed E-state index contributed by atoms with van der Waals surface area (Å²) in [6, 6.07) is 21.6. The van der Waals surface area contributed by atoms with Gasteiger partial charge < -0.3 is 0 Å². The monoisotopic (exact) mass is 430 g/mol. The van der Waals surface area contributed by atoms with Gasteiger partial charge >= 0.3 is 0 Å². The molecule has 31 heavy (non-hydrogen) atoms. The van der Waals surface area contributed by atoms with Crippen LogP contribution in [0.2, 0.25) is 5.02 Å². The third kappa shape index (κ3) is 4.19. The molecular weight excluding hydrogens is 410 g/mol. The van der Waals surface area contributed by atoms with E-state index < -0.39 is 17.9 Å². The van der Waals surface area contributed by atoms with Crippen LogP contribution in [0, 0.1) is 5.41 Å². The van der Waals surface area contributed by atoms with Crippen LogP contribution in [0.4, 0.5) is 0 Å². The lowest BCUT2D eigenvalue weighted by Crippen LogP contribution is -2.58. The molecule has 0 bridgehead atoms. The summed E-state index contributed by atoms with van der Waals surface area (Å²) in [4.78, 5) is 28.1. The van der Waals surface area contributed by atoms with E-state index in [1.54, 1.807) is 41.2 Å². The Kier molecular flexibility index (Phi) is 6.08. The van der Waals surface area contributed by atoms with Crippen molar-refractivity contribution in [1.29, 1.82) is 5.41 Å². The average molecular weight is 431 g/mol. The van der Waals surface area contributed by atoms with Gasteiger partial charge in [0, 0.05) is 23.7 Å². The molecule has 0 saturated carbocycles. The Morgan fingerprint density at radius 1 is 0.935 bits per heavy atom. The third-order valence-electron chi connectivity index (χ3n) is 5.51. The summed E-state index contributed by atoms with van der Waals surface area (Å²) in [5, 5.41) is 8.43. The maximum absolute atomic E-state index is 13.6. The molecule has 2 amide bonds. The van der Waals surface area contributed by atoms with E-state index in [4.69, 9.17) is 17.0 Å². The molecule has 0 unspecified atom stereocenters. The Labute approximate surface area is 185 Å². The fraction of sp³-hybridized carbons (Fsp3) is 0.160. The number of imide groups is 1. The smallest absolute Gasteiger partial charge is 0.272 e. The van der Waals surface area contributed by atoms with Crippen LogP contribution in [0.5, 0.6) is 0 Å². The minimum absolute atomic E-state index is 0.163. The number of halogens is 1. The van der Waals surface area contributed by atoms with Crippen molar-refractivity contribution in [3.05, 3.63) is 107 Å². The van der Waals surface area contributed by atoms with Crippen LogP contribution in [-0.2, 0) is 16.0 Å². The zero-order valence-electron chi connectivity index (χ0n) is 16.7. The Hall–Kier alpha value is -3.53. The fourth-order valence-electron chi connectivity index (χ4n) is 3.98. The van der Waals surface area contributed by atoms with E-state index in [9.17, 15) is 9.59 Å². The zero-order valence-corrected chi connectivity index (χ0v) is 17.5. The standard InChI is InChI=1S/C25H21ClN3O2/c26-20-11-9-19(10-12-20)22-21(17-27)24(30)29(16-13-18-7-3-1-4-8-18)25(31)23(22)28-14-5-2-6-15-28/h1-12,14-15,22-23,27H,13,16H2/q+1/t22-,23+/m0/s1. The number of likely N-dealkylation sites (tertiary alicyclic amines) is 1. The summed E-state index contributed by atoms with van der Waals surface area (Å²) >= 11 is 6.05. The van der Waals surface area contributed by atoms with Crippen molar-refractivity contribution < 1.29 is 14.2 Å². The van der Waals surface area contributed by atoms with E-state index >= 15 is 0 Å². The number of pyridine rings is 1. The highest BCUT2D eigenvalue weighted by Gasteiger charge is 2.51. The van der Waals surface area contributed by atoms with Gasteiger partial charge in [-0.3, -0.25) is 19.9 Å². The third-order valence-corrected chi connectivity index (χ3v) is 5.76. The quantitative estimate of drug-likeness (QED) is 0.290. The maximum Gasteiger partial charge on any atom is 0.299 e. The second-order valence-electron chi connectivity index (χ2n) is 7.37. The van der Waals surface area contributed by atoms with Gasteiger partial charge in [0.15, 0.2) is 12.4 Å². The molecule has 1 aliphatic heterocycles. The van der Waals surface area contributed by atoms with Crippen molar-refractivity contribution in [2.24, 2.45) is 0 Å². The van der Waals surface area contributed by atoms with Crippen LogP contribution in [0.1, 0.15) is 23.1 Å². The number of piperidine rings is 1. The number of amides is 2. The molecule has 154 valence electrons. The number of benzene rings is 2. The minimum Gasteiger partial charge on any atom is -0.272 e. The van der Waals surface area contributed by atoms with E-state index in [1.165, 1.54) is 4.90 Å². The first-order valence-electron chi connectivity index (χ1n) is 10.0. The Morgan fingerprint density at radius 3 is 2.23 bits per heavy atom. The molecule has 4 rings (SSSR count). The molecule has 5 nitrogen and oxygen atoms in total. The zero-order chi connectivity index (χ0) is 21.8.